The van der Waals surface area contributed by atoms with Crippen molar-refractivity contribution in [3.8, 4) is 22.4 Å². The first-order valence-electron chi connectivity index (χ1n) is 12.5. The number of hydrogen-bond donors (Lipinski definition) is 2. The number of anilines is 1. The van der Waals surface area contributed by atoms with Gasteiger partial charge in [-0.3, -0.25) is 14.6 Å². The molecule has 3 aromatic carbocycles. The van der Waals surface area contributed by atoms with Gasteiger partial charge in [0, 0.05) is 35.0 Å². The number of alkyl halides is 3. The van der Waals surface area contributed by atoms with Crippen molar-refractivity contribution in [2.45, 2.75) is 25.6 Å². The summed E-state index contributed by atoms with van der Waals surface area (Å²) in [4.78, 5) is 12.9. The number of rotatable bonds is 5. The first-order valence-corrected chi connectivity index (χ1v) is 12.5. The topological polar surface area (TPSA) is 84.8 Å². The number of aromatic nitrogens is 4. The van der Waals surface area contributed by atoms with Gasteiger partial charge in [0.15, 0.2) is 0 Å². The van der Waals surface area contributed by atoms with Crippen LogP contribution in [0.3, 0.4) is 0 Å². The minimum absolute atomic E-state index is 0.0761. The van der Waals surface area contributed by atoms with Crippen molar-refractivity contribution in [1.29, 1.82) is 0 Å². The summed E-state index contributed by atoms with van der Waals surface area (Å²) >= 11 is 0. The Balaban J connectivity index is 1.26. The van der Waals surface area contributed by atoms with Crippen LogP contribution in [-0.4, -0.2) is 39.1 Å². The maximum Gasteiger partial charge on any atom is 0.416 e. The smallest absolute Gasteiger partial charge is 0.379 e. The van der Waals surface area contributed by atoms with E-state index in [2.05, 4.69) is 20.6 Å². The number of halogens is 3. The number of hydrogen-bond acceptors (Lipinski definition) is 4. The summed E-state index contributed by atoms with van der Waals surface area (Å²) in [6.07, 6.45) is 0.231. The molecule has 1 amide bonds. The van der Waals surface area contributed by atoms with Crippen LogP contribution >= 0.6 is 0 Å². The van der Waals surface area contributed by atoms with Crippen LogP contribution in [0.15, 0.2) is 73.1 Å². The Morgan fingerprint density at radius 3 is 2.77 bits per heavy atom. The van der Waals surface area contributed by atoms with Crippen molar-refractivity contribution in [3.05, 3.63) is 89.7 Å². The highest BCUT2D eigenvalue weighted by Crippen LogP contribution is 2.33. The van der Waals surface area contributed by atoms with Crippen molar-refractivity contribution in [1.82, 2.24) is 20.0 Å². The number of fused-ring (bicyclic) bond motifs is 1. The highest BCUT2D eigenvalue weighted by atomic mass is 19.4. The van der Waals surface area contributed by atoms with E-state index < -0.39 is 17.6 Å². The van der Waals surface area contributed by atoms with Gasteiger partial charge in [0.25, 0.3) is 5.91 Å². The van der Waals surface area contributed by atoms with E-state index in [1.54, 1.807) is 18.3 Å². The summed E-state index contributed by atoms with van der Waals surface area (Å²) in [5, 5.41) is 15.6. The Labute approximate surface area is 221 Å². The number of carbonyl (C=O) groups excluding carboxylic acids is 1. The van der Waals surface area contributed by atoms with Crippen LogP contribution in [0.2, 0.25) is 0 Å². The second-order valence-electron chi connectivity index (χ2n) is 9.62. The summed E-state index contributed by atoms with van der Waals surface area (Å²) in [5.74, 6) is -0.495. The van der Waals surface area contributed by atoms with E-state index in [1.807, 2.05) is 42.1 Å². The van der Waals surface area contributed by atoms with Gasteiger partial charge < -0.3 is 10.1 Å². The van der Waals surface area contributed by atoms with E-state index in [9.17, 15) is 18.0 Å². The van der Waals surface area contributed by atoms with Crippen LogP contribution in [0.1, 0.15) is 33.9 Å². The van der Waals surface area contributed by atoms with Gasteiger partial charge in [0.05, 0.1) is 29.9 Å². The quantitative estimate of drug-likeness (QED) is 0.267. The van der Waals surface area contributed by atoms with Gasteiger partial charge in [0.2, 0.25) is 0 Å². The molecule has 0 aliphatic carbocycles. The van der Waals surface area contributed by atoms with Crippen molar-refractivity contribution in [3.63, 3.8) is 0 Å². The predicted octanol–water partition coefficient (Wildman–Crippen LogP) is 6.63. The van der Waals surface area contributed by atoms with Gasteiger partial charge in [-0.1, -0.05) is 18.2 Å². The summed E-state index contributed by atoms with van der Waals surface area (Å²) in [6.45, 7) is 3.33. The number of H-pyrrole nitrogens is 1. The lowest BCUT2D eigenvalue weighted by molar-refractivity contribution is -0.137. The molecule has 2 aromatic heterocycles. The number of aromatic amines is 1. The van der Waals surface area contributed by atoms with Gasteiger partial charge in [-0.25, -0.2) is 0 Å². The minimum Gasteiger partial charge on any atom is -0.379 e. The number of amides is 1. The Hall–Kier alpha value is -4.44. The fraction of sp³-hybridized carbons (Fsp3) is 0.207. The average molecular weight is 532 g/mol. The average Bonchev–Trinajstić information content (AvgIpc) is 3.69. The number of carbonyl (C=O) groups is 1. The molecule has 1 aliphatic rings. The molecule has 0 bridgehead atoms. The van der Waals surface area contributed by atoms with Gasteiger partial charge >= 0.3 is 6.18 Å². The molecule has 10 heteroatoms. The number of aryl methyl sites for hydroxylation is 1. The molecule has 39 heavy (non-hydrogen) atoms. The Kier molecular flexibility index (Phi) is 6.19. The van der Waals surface area contributed by atoms with Crippen LogP contribution in [-0.2, 0) is 10.9 Å². The first-order chi connectivity index (χ1) is 18.8. The molecule has 0 spiro atoms. The van der Waals surface area contributed by atoms with E-state index in [0.717, 1.165) is 64.0 Å². The highest BCUT2D eigenvalue weighted by molar-refractivity contribution is 6.05. The maximum absolute atomic E-state index is 13.1. The van der Waals surface area contributed by atoms with Gasteiger partial charge in [-0.05, 0) is 72.5 Å². The third-order valence-electron chi connectivity index (χ3n) is 6.98. The van der Waals surface area contributed by atoms with Gasteiger partial charge in [-0.15, -0.1) is 0 Å². The predicted molar refractivity (Wildman–Crippen MR) is 141 cm³/mol. The molecule has 198 valence electrons. The highest BCUT2D eigenvalue weighted by Gasteiger charge is 2.30. The van der Waals surface area contributed by atoms with Crippen molar-refractivity contribution in [2.75, 3.05) is 18.5 Å². The van der Waals surface area contributed by atoms with E-state index in [0.29, 0.717) is 12.2 Å². The van der Waals surface area contributed by atoms with E-state index in [4.69, 9.17) is 4.74 Å². The van der Waals surface area contributed by atoms with E-state index in [1.165, 1.54) is 12.1 Å². The molecule has 7 nitrogen and oxygen atoms in total. The molecule has 1 atom stereocenters. The van der Waals surface area contributed by atoms with Crippen LogP contribution < -0.4 is 5.32 Å². The fourth-order valence-electron chi connectivity index (χ4n) is 4.85. The van der Waals surface area contributed by atoms with Crippen molar-refractivity contribution in [2.24, 2.45) is 0 Å². The zero-order valence-electron chi connectivity index (χ0n) is 20.9. The minimum atomic E-state index is -4.49. The Bertz CT molecular complexity index is 1680. The van der Waals surface area contributed by atoms with Crippen molar-refractivity contribution >= 4 is 22.5 Å². The fourth-order valence-corrected chi connectivity index (χ4v) is 4.85. The number of nitrogens with zero attached hydrogens (tertiary/aromatic N) is 3. The molecule has 3 heterocycles. The first kappa shape index (κ1) is 24.9. The second-order valence-corrected chi connectivity index (χ2v) is 9.62. The number of ether oxygens (including phenoxy) is 1. The SMILES string of the molecule is Cc1ccc(C(=O)Nc2cccc(C(F)(F)F)c2)cc1-c1ccc2c(-c3cnn(C4CCOC4)c3)n[nH]c2c1. The maximum atomic E-state index is 13.1. The summed E-state index contributed by atoms with van der Waals surface area (Å²) in [7, 11) is 0. The lowest BCUT2D eigenvalue weighted by atomic mass is 9.96. The third-order valence-corrected chi connectivity index (χ3v) is 6.98. The molecule has 1 unspecified atom stereocenters. The molecule has 1 aliphatic heterocycles. The normalized spacial score (nSPS) is 15.6. The lowest BCUT2D eigenvalue weighted by Crippen LogP contribution is -2.13. The molecule has 5 aromatic rings. The zero-order chi connectivity index (χ0) is 27.1. The van der Waals surface area contributed by atoms with E-state index >= 15 is 0 Å². The molecule has 6 rings (SSSR count). The van der Waals surface area contributed by atoms with Crippen LogP contribution in [0.25, 0.3) is 33.3 Å². The molecule has 1 fully saturated rings. The molecule has 0 saturated carbocycles. The monoisotopic (exact) mass is 531 g/mol. The lowest BCUT2D eigenvalue weighted by Gasteiger charge is -2.12. The summed E-state index contributed by atoms with van der Waals surface area (Å²) in [6, 6.07) is 15.9. The third kappa shape index (κ3) is 4.90. The molecule has 1 saturated heterocycles. The number of nitrogens with one attached hydrogen (secondary N) is 2. The summed E-state index contributed by atoms with van der Waals surface area (Å²) < 4.78 is 46.6. The molecule has 2 N–H and O–H groups in total. The standard InChI is InChI=1S/C29H24F3N5O2/c1-17-5-6-19(28(38)34-22-4-2-3-21(13-22)29(30,31)32)11-25(17)18-7-8-24-26(12-18)35-36-27(24)20-14-33-37(15-20)23-9-10-39-16-23/h2-8,11-15,23H,9-10,16H2,1H3,(H,34,38)(H,35,36). The van der Waals surface area contributed by atoms with Gasteiger partial charge in [0.1, 0.15) is 5.69 Å². The Morgan fingerprint density at radius 2 is 1.97 bits per heavy atom. The molecular weight excluding hydrogens is 507 g/mol. The van der Waals surface area contributed by atoms with Crippen LogP contribution in [0, 0.1) is 6.92 Å². The molecular formula is C29H24F3N5O2. The summed E-state index contributed by atoms with van der Waals surface area (Å²) in [5.41, 5.74) is 4.79. The number of benzene rings is 3. The second kappa shape index (κ2) is 9.70. The van der Waals surface area contributed by atoms with Crippen molar-refractivity contribution < 1.29 is 22.7 Å². The molecule has 0 radical (unpaired) electrons. The largest absolute Gasteiger partial charge is 0.416 e. The van der Waals surface area contributed by atoms with Gasteiger partial charge in [-0.2, -0.15) is 23.4 Å². The van der Waals surface area contributed by atoms with E-state index in [-0.39, 0.29) is 11.7 Å². The zero-order valence-corrected chi connectivity index (χ0v) is 20.9. The van der Waals surface area contributed by atoms with Crippen LogP contribution in [0.5, 0.6) is 0 Å². The Morgan fingerprint density at radius 1 is 1.10 bits per heavy atom. The van der Waals surface area contributed by atoms with Crippen LogP contribution in [0.4, 0.5) is 18.9 Å².